The third kappa shape index (κ3) is 3.08. The van der Waals surface area contributed by atoms with Crippen molar-refractivity contribution in [2.75, 3.05) is 13.1 Å². The molecule has 3 rings (SSSR count). The Morgan fingerprint density at radius 3 is 2.83 bits per heavy atom. The first-order valence-corrected chi connectivity index (χ1v) is 7.26. The van der Waals surface area contributed by atoms with Crippen molar-refractivity contribution in [1.82, 2.24) is 24.9 Å². The summed E-state index contributed by atoms with van der Waals surface area (Å²) in [7, 11) is 1.18. The highest BCUT2D eigenvalue weighted by molar-refractivity contribution is 5.92. The number of aromatic amines is 1. The number of hydrogen-bond acceptors (Lipinski definition) is 3. The van der Waals surface area contributed by atoms with E-state index in [4.69, 9.17) is 0 Å². The average molecular weight is 327 g/mol. The van der Waals surface area contributed by atoms with E-state index in [0.717, 1.165) is 24.6 Å². The van der Waals surface area contributed by atoms with Crippen molar-refractivity contribution in [3.8, 4) is 0 Å². The van der Waals surface area contributed by atoms with Gasteiger partial charge in [0, 0.05) is 44.0 Å². The Balaban J connectivity index is 1.78. The number of likely N-dealkylation sites (tertiary alicyclic amines) is 1. The smallest absolute Gasteiger partial charge is 0.337 e. The normalized spacial score (nSPS) is 19.1. The lowest BCUT2D eigenvalue weighted by molar-refractivity contribution is -0.143. The summed E-state index contributed by atoms with van der Waals surface area (Å²) in [5.74, 6) is -0.360. The molecule has 124 valence electrons. The summed E-state index contributed by atoms with van der Waals surface area (Å²) < 4.78 is 39.2. The number of aryl methyl sites for hydroxylation is 1. The fourth-order valence-electron chi connectivity index (χ4n) is 2.91. The maximum atomic E-state index is 12.8. The number of alkyl halides is 3. The molecule has 1 N–H and O–H groups in total. The van der Waals surface area contributed by atoms with Gasteiger partial charge in [0.2, 0.25) is 0 Å². The lowest BCUT2D eigenvalue weighted by Crippen LogP contribution is -2.39. The zero-order valence-corrected chi connectivity index (χ0v) is 12.5. The van der Waals surface area contributed by atoms with Crippen molar-refractivity contribution in [2.24, 2.45) is 7.05 Å². The zero-order chi connectivity index (χ0) is 16.6. The second-order valence-corrected chi connectivity index (χ2v) is 5.64. The molecule has 0 spiro atoms. The Morgan fingerprint density at radius 2 is 2.22 bits per heavy atom. The van der Waals surface area contributed by atoms with Crippen LogP contribution in [0.15, 0.2) is 18.3 Å². The Kier molecular flexibility index (Phi) is 3.87. The van der Waals surface area contributed by atoms with E-state index in [0.29, 0.717) is 17.8 Å². The number of carbonyl (C=O) groups is 1. The molecule has 2 aromatic rings. The number of rotatable bonds is 2. The summed E-state index contributed by atoms with van der Waals surface area (Å²) in [6.45, 7) is 0.959. The van der Waals surface area contributed by atoms with Gasteiger partial charge < -0.3 is 4.90 Å². The van der Waals surface area contributed by atoms with Gasteiger partial charge in [-0.05, 0) is 18.9 Å². The summed E-state index contributed by atoms with van der Waals surface area (Å²) in [6.07, 6.45) is -1.19. The van der Waals surface area contributed by atoms with Crippen LogP contribution in [0.1, 0.15) is 40.6 Å². The fraction of sp³-hybridized carbons (Fsp3) is 0.500. The maximum Gasteiger partial charge on any atom is 0.433 e. The standard InChI is InChI=1S/C14H16F3N5O/c1-21-12(14(15,16)17)7-11(20-21)13(23)22-6-2-3-9(8-22)10-4-5-18-19-10/h4-5,7,9H,2-3,6,8H2,1H3,(H,18,19)/t9-/m1/s1. The van der Waals surface area contributed by atoms with Crippen molar-refractivity contribution < 1.29 is 18.0 Å². The summed E-state index contributed by atoms with van der Waals surface area (Å²) in [6, 6.07) is 2.66. The molecule has 0 aromatic carbocycles. The Labute approximate surface area is 130 Å². The molecule has 6 nitrogen and oxygen atoms in total. The zero-order valence-electron chi connectivity index (χ0n) is 12.5. The monoisotopic (exact) mass is 327 g/mol. The van der Waals surface area contributed by atoms with Crippen molar-refractivity contribution >= 4 is 5.91 Å². The lowest BCUT2D eigenvalue weighted by atomic mass is 9.95. The number of halogens is 3. The molecule has 23 heavy (non-hydrogen) atoms. The largest absolute Gasteiger partial charge is 0.433 e. The first-order valence-electron chi connectivity index (χ1n) is 7.26. The SMILES string of the molecule is Cn1nc(C(=O)N2CCC[C@@H](c3ccn[nH]3)C2)cc1C(F)(F)F. The van der Waals surface area contributed by atoms with Crippen LogP contribution in [0.25, 0.3) is 0 Å². The molecule has 1 fully saturated rings. The summed E-state index contributed by atoms with van der Waals surface area (Å²) in [4.78, 5) is 14.0. The Morgan fingerprint density at radius 1 is 1.43 bits per heavy atom. The first kappa shape index (κ1) is 15.6. The molecule has 3 heterocycles. The van der Waals surface area contributed by atoms with E-state index in [1.165, 1.54) is 7.05 Å². The number of amides is 1. The van der Waals surface area contributed by atoms with Crippen molar-refractivity contribution in [3.63, 3.8) is 0 Å². The number of aromatic nitrogens is 4. The van der Waals surface area contributed by atoms with Gasteiger partial charge in [-0.15, -0.1) is 0 Å². The van der Waals surface area contributed by atoms with Gasteiger partial charge in [0.05, 0.1) is 0 Å². The quantitative estimate of drug-likeness (QED) is 0.919. The Bertz CT molecular complexity index is 692. The van der Waals surface area contributed by atoms with E-state index in [1.807, 2.05) is 6.07 Å². The number of nitrogens with one attached hydrogen (secondary N) is 1. The predicted octanol–water partition coefficient (Wildman–Crippen LogP) is 2.18. The molecule has 9 heteroatoms. The second-order valence-electron chi connectivity index (χ2n) is 5.64. The first-order chi connectivity index (χ1) is 10.9. The van der Waals surface area contributed by atoms with E-state index in [2.05, 4.69) is 15.3 Å². The molecular weight excluding hydrogens is 311 g/mol. The molecule has 2 aromatic heterocycles. The van der Waals surface area contributed by atoms with Crippen LogP contribution in [0.3, 0.4) is 0 Å². The lowest BCUT2D eigenvalue weighted by Gasteiger charge is -2.31. The second kappa shape index (κ2) is 5.71. The van der Waals surface area contributed by atoms with Crippen LogP contribution in [-0.4, -0.2) is 43.9 Å². The van der Waals surface area contributed by atoms with E-state index in [-0.39, 0.29) is 11.6 Å². The fourth-order valence-corrected chi connectivity index (χ4v) is 2.91. The number of hydrogen-bond donors (Lipinski definition) is 1. The van der Waals surface area contributed by atoms with Gasteiger partial charge in [0.1, 0.15) is 5.69 Å². The number of nitrogens with zero attached hydrogens (tertiary/aromatic N) is 4. The molecular formula is C14H16F3N5O. The van der Waals surface area contributed by atoms with Crippen LogP contribution < -0.4 is 0 Å². The van der Waals surface area contributed by atoms with Gasteiger partial charge in [-0.2, -0.15) is 23.4 Å². The van der Waals surface area contributed by atoms with Gasteiger partial charge in [-0.25, -0.2) is 0 Å². The van der Waals surface area contributed by atoms with Crippen LogP contribution in [0.2, 0.25) is 0 Å². The highest BCUT2D eigenvalue weighted by atomic mass is 19.4. The Hall–Kier alpha value is -2.32. The number of carbonyl (C=O) groups excluding carboxylic acids is 1. The molecule has 0 bridgehead atoms. The van der Waals surface area contributed by atoms with Gasteiger partial charge in [-0.1, -0.05) is 0 Å². The molecule has 0 saturated carbocycles. The van der Waals surface area contributed by atoms with Crippen LogP contribution in [0, 0.1) is 0 Å². The summed E-state index contributed by atoms with van der Waals surface area (Å²) >= 11 is 0. The molecule has 1 aliphatic heterocycles. The molecule has 0 unspecified atom stereocenters. The number of piperidine rings is 1. The minimum atomic E-state index is -4.53. The maximum absolute atomic E-state index is 12.8. The molecule has 1 aliphatic rings. The third-order valence-corrected chi connectivity index (χ3v) is 4.06. The molecule has 1 atom stereocenters. The molecule has 0 radical (unpaired) electrons. The van der Waals surface area contributed by atoms with E-state index >= 15 is 0 Å². The number of H-pyrrole nitrogens is 1. The van der Waals surface area contributed by atoms with E-state index in [1.54, 1.807) is 11.1 Å². The third-order valence-electron chi connectivity index (χ3n) is 4.06. The predicted molar refractivity (Wildman–Crippen MR) is 74.7 cm³/mol. The van der Waals surface area contributed by atoms with Gasteiger partial charge in [-0.3, -0.25) is 14.6 Å². The molecule has 1 saturated heterocycles. The van der Waals surface area contributed by atoms with Crippen molar-refractivity contribution in [1.29, 1.82) is 0 Å². The van der Waals surface area contributed by atoms with Crippen LogP contribution in [-0.2, 0) is 13.2 Å². The average Bonchev–Trinajstić information content (AvgIpc) is 3.15. The van der Waals surface area contributed by atoms with Gasteiger partial charge in [0.15, 0.2) is 5.69 Å². The van der Waals surface area contributed by atoms with Crippen molar-refractivity contribution in [3.05, 3.63) is 35.4 Å². The van der Waals surface area contributed by atoms with Gasteiger partial charge in [0.25, 0.3) is 5.91 Å². The van der Waals surface area contributed by atoms with Crippen LogP contribution >= 0.6 is 0 Å². The molecule has 1 amide bonds. The highest BCUT2D eigenvalue weighted by Gasteiger charge is 2.36. The summed E-state index contributed by atoms with van der Waals surface area (Å²) in [5, 5.41) is 10.5. The minimum absolute atomic E-state index is 0.112. The van der Waals surface area contributed by atoms with Crippen molar-refractivity contribution in [2.45, 2.75) is 24.9 Å². The minimum Gasteiger partial charge on any atom is -0.337 e. The highest BCUT2D eigenvalue weighted by Crippen LogP contribution is 2.30. The van der Waals surface area contributed by atoms with E-state index < -0.39 is 17.8 Å². The molecule has 0 aliphatic carbocycles. The summed E-state index contributed by atoms with van der Waals surface area (Å²) in [5.41, 5.74) is -0.174. The van der Waals surface area contributed by atoms with Gasteiger partial charge >= 0.3 is 6.18 Å². The topological polar surface area (TPSA) is 66.8 Å². The van der Waals surface area contributed by atoms with Crippen LogP contribution in [0.4, 0.5) is 13.2 Å². The van der Waals surface area contributed by atoms with Crippen LogP contribution in [0.5, 0.6) is 0 Å². The van der Waals surface area contributed by atoms with E-state index in [9.17, 15) is 18.0 Å².